The van der Waals surface area contributed by atoms with E-state index >= 15 is 0 Å². The Bertz CT molecular complexity index is 381. The number of nitrogens with one attached hydrogen (secondary N) is 3. The van der Waals surface area contributed by atoms with Crippen molar-refractivity contribution in [1.82, 2.24) is 16.0 Å². The summed E-state index contributed by atoms with van der Waals surface area (Å²) >= 11 is 1.92. The number of unbranched alkanes of at least 4 members (excludes halogenated alkanes) is 1. The number of hydrogen-bond acceptors (Lipinski definition) is 4. The average Bonchev–Trinajstić information content (AvgIpc) is 3.03. The zero-order valence-corrected chi connectivity index (χ0v) is 14.0. The van der Waals surface area contributed by atoms with Crippen LogP contribution in [0.25, 0.3) is 0 Å². The second-order valence-electron chi connectivity index (χ2n) is 5.83. The summed E-state index contributed by atoms with van der Waals surface area (Å²) in [5.74, 6) is 1.10. The van der Waals surface area contributed by atoms with Crippen molar-refractivity contribution < 1.29 is 14.3 Å². The van der Waals surface area contributed by atoms with E-state index in [4.69, 9.17) is 4.74 Å². The molecule has 0 radical (unpaired) electrons. The molecule has 2 unspecified atom stereocenters. The molecule has 7 heteroatoms. The quantitative estimate of drug-likeness (QED) is 0.416. The average molecular weight is 329 g/mol. The van der Waals surface area contributed by atoms with E-state index in [1.165, 1.54) is 0 Å². The van der Waals surface area contributed by atoms with E-state index in [1.807, 2.05) is 11.8 Å². The van der Waals surface area contributed by atoms with Crippen molar-refractivity contribution >= 4 is 23.7 Å². The molecular formula is C15H27N3O3S. The van der Waals surface area contributed by atoms with Crippen molar-refractivity contribution in [2.24, 2.45) is 0 Å². The number of amides is 3. The summed E-state index contributed by atoms with van der Waals surface area (Å²) in [7, 11) is 0. The number of carbonyl (C=O) groups is 2. The van der Waals surface area contributed by atoms with E-state index in [0.29, 0.717) is 24.8 Å². The third-order valence-electron chi connectivity index (χ3n) is 4.00. The van der Waals surface area contributed by atoms with Gasteiger partial charge in [0, 0.05) is 30.6 Å². The molecular weight excluding hydrogens is 302 g/mol. The summed E-state index contributed by atoms with van der Waals surface area (Å²) < 4.78 is 5.32. The Labute approximate surface area is 136 Å². The standard InChI is InChI=1S/C15H27N3O3S/c1-2-8-21-9-7-16-13(19)6-4-3-5-12-14-11(10-22-12)17-15(20)18-14/h11-12,14H,2-10H2,1H3,(H,16,19)(H2,17,18,20)/t11?,12-,14?/m0/s1. The van der Waals surface area contributed by atoms with Gasteiger partial charge in [-0.1, -0.05) is 13.3 Å². The van der Waals surface area contributed by atoms with Gasteiger partial charge in [0.05, 0.1) is 18.7 Å². The van der Waals surface area contributed by atoms with Crippen molar-refractivity contribution in [2.45, 2.75) is 56.4 Å². The minimum absolute atomic E-state index is 0.0371. The van der Waals surface area contributed by atoms with Crippen LogP contribution < -0.4 is 16.0 Å². The summed E-state index contributed by atoms with van der Waals surface area (Å²) in [6.07, 6.45) is 4.56. The predicted octanol–water partition coefficient (Wildman–Crippen LogP) is 1.26. The number of urea groups is 1. The molecule has 3 amide bonds. The van der Waals surface area contributed by atoms with E-state index in [9.17, 15) is 9.59 Å². The molecule has 2 aliphatic rings. The minimum atomic E-state index is -0.0371. The van der Waals surface area contributed by atoms with E-state index in [-0.39, 0.29) is 24.0 Å². The number of hydrogen-bond donors (Lipinski definition) is 3. The third kappa shape index (κ3) is 5.35. The lowest BCUT2D eigenvalue weighted by Gasteiger charge is -2.16. The number of thioether (sulfide) groups is 1. The first-order valence-corrected chi connectivity index (χ1v) is 9.28. The van der Waals surface area contributed by atoms with Gasteiger partial charge in [0.25, 0.3) is 0 Å². The van der Waals surface area contributed by atoms with Gasteiger partial charge in [-0.2, -0.15) is 11.8 Å². The Hall–Kier alpha value is -0.950. The highest BCUT2D eigenvalue weighted by Gasteiger charge is 2.42. The van der Waals surface area contributed by atoms with Crippen LogP contribution in [0.2, 0.25) is 0 Å². The van der Waals surface area contributed by atoms with Crippen molar-refractivity contribution in [1.29, 1.82) is 0 Å². The van der Waals surface area contributed by atoms with Crippen molar-refractivity contribution in [3.05, 3.63) is 0 Å². The molecule has 0 saturated carbocycles. The van der Waals surface area contributed by atoms with Gasteiger partial charge in [-0.15, -0.1) is 0 Å². The molecule has 2 fully saturated rings. The Morgan fingerprint density at radius 3 is 3.05 bits per heavy atom. The molecule has 126 valence electrons. The fraction of sp³-hybridized carbons (Fsp3) is 0.867. The molecule has 0 aromatic heterocycles. The fourth-order valence-corrected chi connectivity index (χ4v) is 4.42. The van der Waals surface area contributed by atoms with Gasteiger partial charge in [0.2, 0.25) is 5.91 Å². The summed E-state index contributed by atoms with van der Waals surface area (Å²) in [5, 5.41) is 9.30. The Kier molecular flexibility index (Phi) is 7.32. The van der Waals surface area contributed by atoms with Crippen LogP contribution in [0, 0.1) is 0 Å². The first-order chi connectivity index (χ1) is 10.7. The van der Waals surface area contributed by atoms with Gasteiger partial charge in [0.15, 0.2) is 0 Å². The first-order valence-electron chi connectivity index (χ1n) is 8.23. The third-order valence-corrected chi connectivity index (χ3v) is 5.51. The number of ether oxygens (including phenoxy) is 1. The van der Waals surface area contributed by atoms with Crippen molar-refractivity contribution in [3.8, 4) is 0 Å². The van der Waals surface area contributed by atoms with E-state index < -0.39 is 0 Å². The van der Waals surface area contributed by atoms with Gasteiger partial charge in [0.1, 0.15) is 0 Å². The molecule has 0 bridgehead atoms. The summed E-state index contributed by atoms with van der Waals surface area (Å²) in [5.41, 5.74) is 0. The monoisotopic (exact) mass is 329 g/mol. The molecule has 2 saturated heterocycles. The molecule has 0 aromatic rings. The highest BCUT2D eigenvalue weighted by Crippen LogP contribution is 2.33. The van der Waals surface area contributed by atoms with Crippen LogP contribution in [0.15, 0.2) is 0 Å². The second-order valence-corrected chi connectivity index (χ2v) is 7.10. The Morgan fingerprint density at radius 2 is 2.23 bits per heavy atom. The normalized spacial score (nSPS) is 26.4. The minimum Gasteiger partial charge on any atom is -0.380 e. The smallest absolute Gasteiger partial charge is 0.315 e. The van der Waals surface area contributed by atoms with E-state index in [1.54, 1.807) is 0 Å². The summed E-state index contributed by atoms with van der Waals surface area (Å²) in [4.78, 5) is 23.0. The Morgan fingerprint density at radius 1 is 1.36 bits per heavy atom. The van der Waals surface area contributed by atoms with Crippen LogP contribution in [-0.2, 0) is 9.53 Å². The van der Waals surface area contributed by atoms with E-state index in [0.717, 1.165) is 38.0 Å². The Balaban J connectivity index is 1.49. The van der Waals surface area contributed by atoms with Crippen LogP contribution in [0.3, 0.4) is 0 Å². The maximum absolute atomic E-state index is 11.7. The molecule has 22 heavy (non-hydrogen) atoms. The molecule has 0 aliphatic carbocycles. The fourth-order valence-electron chi connectivity index (χ4n) is 2.87. The molecule has 3 atom stereocenters. The lowest BCUT2D eigenvalue weighted by molar-refractivity contribution is -0.121. The maximum atomic E-state index is 11.7. The van der Waals surface area contributed by atoms with Gasteiger partial charge < -0.3 is 20.7 Å². The van der Waals surface area contributed by atoms with Crippen LogP contribution in [0.1, 0.15) is 39.0 Å². The lowest BCUT2D eigenvalue weighted by atomic mass is 10.0. The summed E-state index contributed by atoms with van der Waals surface area (Å²) in [6.45, 7) is 4.01. The lowest BCUT2D eigenvalue weighted by Crippen LogP contribution is -2.36. The number of rotatable bonds is 10. The zero-order chi connectivity index (χ0) is 15.8. The summed E-state index contributed by atoms with van der Waals surface area (Å²) in [6, 6.07) is 0.515. The van der Waals surface area contributed by atoms with Gasteiger partial charge in [-0.3, -0.25) is 4.79 Å². The van der Waals surface area contributed by atoms with Crippen molar-refractivity contribution in [3.63, 3.8) is 0 Å². The van der Waals surface area contributed by atoms with Gasteiger partial charge >= 0.3 is 6.03 Å². The number of fused-ring (bicyclic) bond motifs is 1. The highest BCUT2D eigenvalue weighted by molar-refractivity contribution is 8.00. The molecule has 0 aromatic carbocycles. The largest absolute Gasteiger partial charge is 0.380 e. The van der Waals surface area contributed by atoms with Crippen LogP contribution in [-0.4, -0.2) is 54.8 Å². The first kappa shape index (κ1) is 17.4. The zero-order valence-electron chi connectivity index (χ0n) is 13.2. The topological polar surface area (TPSA) is 79.5 Å². The molecule has 3 N–H and O–H groups in total. The number of carbonyl (C=O) groups excluding carboxylic acids is 2. The molecule has 2 rings (SSSR count). The van der Waals surface area contributed by atoms with Crippen LogP contribution >= 0.6 is 11.8 Å². The molecule has 2 aliphatic heterocycles. The van der Waals surface area contributed by atoms with Crippen LogP contribution in [0.5, 0.6) is 0 Å². The van der Waals surface area contributed by atoms with Crippen molar-refractivity contribution in [2.75, 3.05) is 25.5 Å². The molecule has 0 spiro atoms. The molecule has 2 heterocycles. The van der Waals surface area contributed by atoms with Crippen LogP contribution in [0.4, 0.5) is 4.79 Å². The highest BCUT2D eigenvalue weighted by atomic mass is 32.2. The predicted molar refractivity (Wildman–Crippen MR) is 88.1 cm³/mol. The van der Waals surface area contributed by atoms with Gasteiger partial charge in [-0.25, -0.2) is 4.79 Å². The maximum Gasteiger partial charge on any atom is 0.315 e. The SMILES string of the molecule is CCCOCCNC(=O)CCCC[C@@H]1SCC2NC(=O)NC21. The molecule has 6 nitrogen and oxygen atoms in total. The van der Waals surface area contributed by atoms with E-state index in [2.05, 4.69) is 22.9 Å². The van der Waals surface area contributed by atoms with Gasteiger partial charge in [-0.05, 0) is 19.3 Å². The second kappa shape index (κ2) is 9.25.